The Balaban J connectivity index is 2.08. The van der Waals surface area contributed by atoms with E-state index in [1.165, 1.54) is 19.3 Å². The highest BCUT2D eigenvalue weighted by molar-refractivity contribution is 5.88. The topological polar surface area (TPSA) is 40.5 Å². The van der Waals surface area contributed by atoms with Crippen molar-refractivity contribution in [3.05, 3.63) is 29.8 Å². The number of aromatic carboxylic acids is 1. The number of piperidine rings is 1. The molecule has 0 aromatic heterocycles. The number of carboxylic acid groups (broad SMARTS) is 1. The molecule has 92 valence electrons. The summed E-state index contributed by atoms with van der Waals surface area (Å²) >= 11 is 0. The molecule has 0 amide bonds. The van der Waals surface area contributed by atoms with Gasteiger partial charge in [0.05, 0.1) is 5.56 Å². The molecule has 1 aromatic rings. The summed E-state index contributed by atoms with van der Waals surface area (Å²) < 4.78 is 0. The summed E-state index contributed by atoms with van der Waals surface area (Å²) in [5, 5.41) is 8.85. The number of hydrogen-bond donors (Lipinski definition) is 1. The molecule has 1 aliphatic rings. The monoisotopic (exact) mass is 233 g/mol. The maximum atomic E-state index is 10.8. The normalized spacial score (nSPS) is 20.3. The van der Waals surface area contributed by atoms with E-state index in [2.05, 4.69) is 11.8 Å². The van der Waals surface area contributed by atoms with Gasteiger partial charge in [0.2, 0.25) is 0 Å². The first kappa shape index (κ1) is 12.0. The highest BCUT2D eigenvalue weighted by Gasteiger charge is 2.18. The van der Waals surface area contributed by atoms with Gasteiger partial charge >= 0.3 is 5.97 Å². The van der Waals surface area contributed by atoms with Gasteiger partial charge in [-0.1, -0.05) is 13.3 Å². The summed E-state index contributed by atoms with van der Waals surface area (Å²) in [4.78, 5) is 13.1. The van der Waals surface area contributed by atoms with Crippen LogP contribution in [-0.4, -0.2) is 24.2 Å². The molecular formula is C14H19NO2. The van der Waals surface area contributed by atoms with Gasteiger partial charge in [0.25, 0.3) is 0 Å². The van der Waals surface area contributed by atoms with Crippen LogP contribution in [-0.2, 0) is 0 Å². The Hall–Kier alpha value is -1.51. The first-order valence-corrected chi connectivity index (χ1v) is 6.29. The minimum absolute atomic E-state index is 0.359. The summed E-state index contributed by atoms with van der Waals surface area (Å²) in [5.41, 5.74) is 1.51. The number of rotatable bonds is 3. The summed E-state index contributed by atoms with van der Waals surface area (Å²) in [5.74, 6) is -0.0791. The molecule has 1 fully saturated rings. The lowest BCUT2D eigenvalue weighted by atomic mass is 9.95. The first-order chi connectivity index (χ1) is 8.20. The molecule has 17 heavy (non-hydrogen) atoms. The number of anilines is 1. The fourth-order valence-corrected chi connectivity index (χ4v) is 2.45. The number of nitrogens with zero attached hydrogens (tertiary/aromatic N) is 1. The molecule has 1 aromatic carbocycles. The molecule has 0 bridgehead atoms. The van der Waals surface area contributed by atoms with Gasteiger partial charge in [0, 0.05) is 18.8 Å². The summed E-state index contributed by atoms with van der Waals surface area (Å²) in [7, 11) is 0. The molecule has 0 saturated carbocycles. The van der Waals surface area contributed by atoms with Gasteiger partial charge < -0.3 is 10.0 Å². The Morgan fingerprint density at radius 1 is 1.41 bits per heavy atom. The molecule has 1 atom stereocenters. The van der Waals surface area contributed by atoms with Gasteiger partial charge in [-0.2, -0.15) is 0 Å². The van der Waals surface area contributed by atoms with Crippen LogP contribution in [0.1, 0.15) is 36.5 Å². The number of carboxylic acids is 1. The molecule has 1 saturated heterocycles. The van der Waals surface area contributed by atoms with Crippen molar-refractivity contribution in [2.75, 3.05) is 18.0 Å². The van der Waals surface area contributed by atoms with Crippen molar-refractivity contribution >= 4 is 11.7 Å². The van der Waals surface area contributed by atoms with E-state index in [1.807, 2.05) is 12.1 Å². The van der Waals surface area contributed by atoms with Crippen LogP contribution in [0.2, 0.25) is 0 Å². The van der Waals surface area contributed by atoms with E-state index < -0.39 is 5.97 Å². The second kappa shape index (κ2) is 5.21. The molecular weight excluding hydrogens is 214 g/mol. The van der Waals surface area contributed by atoms with E-state index in [9.17, 15) is 4.79 Å². The fraction of sp³-hybridized carbons (Fsp3) is 0.500. The van der Waals surface area contributed by atoms with Crippen LogP contribution in [0.25, 0.3) is 0 Å². The Morgan fingerprint density at radius 3 is 2.71 bits per heavy atom. The Morgan fingerprint density at radius 2 is 2.12 bits per heavy atom. The lowest BCUT2D eigenvalue weighted by Gasteiger charge is -2.34. The van der Waals surface area contributed by atoms with Gasteiger partial charge in [0.1, 0.15) is 0 Å². The van der Waals surface area contributed by atoms with Crippen LogP contribution >= 0.6 is 0 Å². The van der Waals surface area contributed by atoms with Crippen molar-refractivity contribution in [1.82, 2.24) is 0 Å². The third kappa shape index (κ3) is 2.78. The van der Waals surface area contributed by atoms with Crippen LogP contribution in [0.3, 0.4) is 0 Å². The van der Waals surface area contributed by atoms with Gasteiger partial charge in [0.15, 0.2) is 0 Å². The molecule has 1 unspecified atom stereocenters. The maximum Gasteiger partial charge on any atom is 0.335 e. The van der Waals surface area contributed by atoms with Gasteiger partial charge in [-0.3, -0.25) is 0 Å². The van der Waals surface area contributed by atoms with Crippen LogP contribution in [0.5, 0.6) is 0 Å². The van der Waals surface area contributed by atoms with Crippen molar-refractivity contribution in [2.24, 2.45) is 5.92 Å². The summed E-state index contributed by atoms with van der Waals surface area (Å²) in [6, 6.07) is 7.21. The molecule has 3 heteroatoms. The molecule has 1 aliphatic heterocycles. The predicted octanol–water partition coefficient (Wildman–Crippen LogP) is 3.01. The molecule has 0 spiro atoms. The molecule has 3 nitrogen and oxygen atoms in total. The van der Waals surface area contributed by atoms with Crippen molar-refractivity contribution in [3.8, 4) is 0 Å². The largest absolute Gasteiger partial charge is 0.478 e. The number of benzene rings is 1. The standard InChI is InChI=1S/C14H19NO2/c1-2-11-4-3-9-15(10-11)13-7-5-12(6-8-13)14(16)17/h5-8,11H,2-4,9-10H2,1H3,(H,16,17). The van der Waals surface area contributed by atoms with E-state index in [4.69, 9.17) is 5.11 Å². The van der Waals surface area contributed by atoms with Crippen molar-refractivity contribution in [1.29, 1.82) is 0 Å². The second-order valence-electron chi connectivity index (χ2n) is 4.71. The second-order valence-corrected chi connectivity index (χ2v) is 4.71. The van der Waals surface area contributed by atoms with Gasteiger partial charge in [-0.15, -0.1) is 0 Å². The van der Waals surface area contributed by atoms with E-state index in [-0.39, 0.29) is 0 Å². The van der Waals surface area contributed by atoms with E-state index in [0.29, 0.717) is 5.56 Å². The summed E-state index contributed by atoms with van der Waals surface area (Å²) in [6.45, 7) is 4.42. The van der Waals surface area contributed by atoms with E-state index in [1.54, 1.807) is 12.1 Å². The van der Waals surface area contributed by atoms with Crippen LogP contribution in [0.4, 0.5) is 5.69 Å². The average Bonchev–Trinajstić information content (AvgIpc) is 2.39. The Kier molecular flexibility index (Phi) is 3.67. The van der Waals surface area contributed by atoms with Crippen LogP contribution < -0.4 is 4.90 Å². The summed E-state index contributed by atoms with van der Waals surface area (Å²) in [6.07, 6.45) is 3.78. The van der Waals surface area contributed by atoms with Gasteiger partial charge in [-0.25, -0.2) is 4.79 Å². The van der Waals surface area contributed by atoms with E-state index >= 15 is 0 Å². The van der Waals surface area contributed by atoms with E-state index in [0.717, 1.165) is 24.7 Å². The lowest BCUT2D eigenvalue weighted by Crippen LogP contribution is -2.35. The van der Waals surface area contributed by atoms with Crippen LogP contribution in [0, 0.1) is 5.92 Å². The lowest BCUT2D eigenvalue weighted by molar-refractivity contribution is 0.0697. The quantitative estimate of drug-likeness (QED) is 0.872. The number of hydrogen-bond acceptors (Lipinski definition) is 2. The third-order valence-electron chi connectivity index (χ3n) is 3.58. The average molecular weight is 233 g/mol. The maximum absolute atomic E-state index is 10.8. The zero-order valence-electron chi connectivity index (χ0n) is 10.2. The Bertz CT molecular complexity index is 386. The minimum atomic E-state index is -0.860. The molecule has 0 aliphatic carbocycles. The fourth-order valence-electron chi connectivity index (χ4n) is 2.45. The highest BCUT2D eigenvalue weighted by atomic mass is 16.4. The van der Waals surface area contributed by atoms with Crippen molar-refractivity contribution < 1.29 is 9.90 Å². The molecule has 2 rings (SSSR count). The molecule has 0 radical (unpaired) electrons. The van der Waals surface area contributed by atoms with Crippen molar-refractivity contribution in [2.45, 2.75) is 26.2 Å². The zero-order valence-corrected chi connectivity index (χ0v) is 10.2. The number of carbonyl (C=O) groups is 1. The van der Waals surface area contributed by atoms with Crippen LogP contribution in [0.15, 0.2) is 24.3 Å². The first-order valence-electron chi connectivity index (χ1n) is 6.29. The molecule has 1 N–H and O–H groups in total. The van der Waals surface area contributed by atoms with Gasteiger partial charge in [-0.05, 0) is 43.0 Å². The highest BCUT2D eigenvalue weighted by Crippen LogP contribution is 2.24. The Labute approximate surface area is 102 Å². The predicted molar refractivity (Wildman–Crippen MR) is 68.6 cm³/mol. The van der Waals surface area contributed by atoms with Crippen molar-refractivity contribution in [3.63, 3.8) is 0 Å². The SMILES string of the molecule is CCC1CCCN(c2ccc(C(=O)O)cc2)C1. The zero-order chi connectivity index (χ0) is 12.3. The molecule has 1 heterocycles. The third-order valence-corrected chi connectivity index (χ3v) is 3.58. The smallest absolute Gasteiger partial charge is 0.335 e. The minimum Gasteiger partial charge on any atom is -0.478 e.